The maximum Gasteiger partial charge on any atom is 0.119 e. The maximum absolute atomic E-state index is 6.17. The van der Waals surface area contributed by atoms with E-state index in [1.165, 1.54) is 32.1 Å². The lowest BCUT2D eigenvalue weighted by Crippen LogP contribution is -2.39. The van der Waals surface area contributed by atoms with Crippen LogP contribution in [-0.2, 0) is 0 Å². The highest BCUT2D eigenvalue weighted by atomic mass is 35.5. The molecule has 1 aliphatic rings. The minimum Gasteiger partial charge on any atom is -0.492 e. The van der Waals surface area contributed by atoms with E-state index >= 15 is 0 Å². The highest BCUT2D eigenvalue weighted by molar-refractivity contribution is 6.18. The van der Waals surface area contributed by atoms with Crippen molar-refractivity contribution >= 4 is 11.6 Å². The van der Waals surface area contributed by atoms with Crippen molar-refractivity contribution in [2.45, 2.75) is 32.1 Å². The predicted molar refractivity (Wildman–Crippen MR) is 81.0 cm³/mol. The van der Waals surface area contributed by atoms with Gasteiger partial charge in [0, 0.05) is 19.0 Å². The van der Waals surface area contributed by atoms with Crippen LogP contribution in [0.5, 0.6) is 5.75 Å². The second kappa shape index (κ2) is 7.76. The number of halogens is 1. The van der Waals surface area contributed by atoms with Crippen LogP contribution in [0.25, 0.3) is 0 Å². The quantitative estimate of drug-likeness (QED) is 0.606. The summed E-state index contributed by atoms with van der Waals surface area (Å²) in [5, 5.41) is 3.51. The van der Waals surface area contributed by atoms with Gasteiger partial charge in [-0.1, -0.05) is 37.5 Å². The summed E-state index contributed by atoms with van der Waals surface area (Å²) in [4.78, 5) is 0. The molecule has 1 fully saturated rings. The Morgan fingerprint density at radius 2 is 1.84 bits per heavy atom. The fourth-order valence-electron chi connectivity index (χ4n) is 2.77. The van der Waals surface area contributed by atoms with Gasteiger partial charge in [0.25, 0.3) is 0 Å². The summed E-state index contributed by atoms with van der Waals surface area (Å²) in [7, 11) is 0. The number of ether oxygens (including phenoxy) is 1. The summed E-state index contributed by atoms with van der Waals surface area (Å²) >= 11 is 6.17. The Labute approximate surface area is 121 Å². The number of benzene rings is 1. The lowest BCUT2D eigenvalue weighted by Gasteiger charge is -2.35. The van der Waals surface area contributed by atoms with Gasteiger partial charge >= 0.3 is 0 Å². The molecule has 0 aromatic heterocycles. The van der Waals surface area contributed by atoms with Crippen LogP contribution in [-0.4, -0.2) is 25.6 Å². The molecule has 0 radical (unpaired) electrons. The molecule has 1 saturated carbocycles. The van der Waals surface area contributed by atoms with Gasteiger partial charge in [-0.05, 0) is 30.4 Å². The normalized spacial score (nSPS) is 18.2. The first-order valence-corrected chi connectivity index (χ1v) is 7.83. The van der Waals surface area contributed by atoms with Crippen LogP contribution in [0, 0.1) is 5.41 Å². The SMILES string of the molecule is ClCC1(CNCCOc2ccccc2)CCCCC1. The van der Waals surface area contributed by atoms with Gasteiger partial charge in [-0.25, -0.2) is 0 Å². The van der Waals surface area contributed by atoms with E-state index in [0.717, 1.165) is 24.7 Å². The third kappa shape index (κ3) is 4.70. The first kappa shape index (κ1) is 14.7. The van der Waals surface area contributed by atoms with Gasteiger partial charge in [0.1, 0.15) is 12.4 Å². The van der Waals surface area contributed by atoms with Crippen molar-refractivity contribution in [1.29, 1.82) is 0 Å². The van der Waals surface area contributed by atoms with Crippen LogP contribution in [0.15, 0.2) is 30.3 Å². The van der Waals surface area contributed by atoms with Gasteiger partial charge in [-0.15, -0.1) is 11.6 Å². The standard InChI is InChI=1S/C16H24ClNO/c17-13-16(9-5-2-6-10-16)14-18-11-12-19-15-7-3-1-4-8-15/h1,3-4,7-8,18H,2,5-6,9-14H2. The van der Waals surface area contributed by atoms with Gasteiger partial charge < -0.3 is 10.1 Å². The number of para-hydroxylation sites is 1. The smallest absolute Gasteiger partial charge is 0.119 e. The molecule has 1 N–H and O–H groups in total. The first-order valence-electron chi connectivity index (χ1n) is 7.29. The number of nitrogens with one attached hydrogen (secondary N) is 1. The second-order valence-electron chi connectivity index (χ2n) is 5.53. The summed E-state index contributed by atoms with van der Waals surface area (Å²) in [6.07, 6.45) is 6.56. The molecule has 0 heterocycles. The van der Waals surface area contributed by atoms with Crippen molar-refractivity contribution in [3.05, 3.63) is 30.3 Å². The molecule has 0 unspecified atom stereocenters. The van der Waals surface area contributed by atoms with Gasteiger partial charge in [-0.2, -0.15) is 0 Å². The highest BCUT2D eigenvalue weighted by Crippen LogP contribution is 2.36. The summed E-state index contributed by atoms with van der Waals surface area (Å²) in [5.41, 5.74) is 0.326. The Balaban J connectivity index is 1.63. The molecule has 3 heteroatoms. The van der Waals surface area contributed by atoms with E-state index in [-0.39, 0.29) is 0 Å². The van der Waals surface area contributed by atoms with E-state index in [1.54, 1.807) is 0 Å². The van der Waals surface area contributed by atoms with E-state index in [9.17, 15) is 0 Å². The molecule has 1 aromatic rings. The maximum atomic E-state index is 6.17. The Hall–Kier alpha value is -0.730. The zero-order chi connectivity index (χ0) is 13.4. The van der Waals surface area contributed by atoms with E-state index in [0.29, 0.717) is 12.0 Å². The molecule has 0 spiro atoms. The Kier molecular flexibility index (Phi) is 5.99. The van der Waals surface area contributed by atoms with E-state index in [2.05, 4.69) is 5.32 Å². The highest BCUT2D eigenvalue weighted by Gasteiger charge is 2.30. The van der Waals surface area contributed by atoms with Gasteiger partial charge in [0.2, 0.25) is 0 Å². The molecule has 0 saturated heterocycles. The van der Waals surface area contributed by atoms with Crippen molar-refractivity contribution in [1.82, 2.24) is 5.32 Å². The minimum absolute atomic E-state index is 0.326. The van der Waals surface area contributed by atoms with Crippen molar-refractivity contribution in [2.75, 3.05) is 25.6 Å². The first-order chi connectivity index (χ1) is 9.35. The number of hydrogen-bond donors (Lipinski definition) is 1. The topological polar surface area (TPSA) is 21.3 Å². The van der Waals surface area contributed by atoms with Crippen molar-refractivity contribution in [3.8, 4) is 5.75 Å². The number of alkyl halides is 1. The zero-order valence-electron chi connectivity index (χ0n) is 11.5. The minimum atomic E-state index is 0.326. The third-order valence-corrected chi connectivity index (χ3v) is 4.56. The Morgan fingerprint density at radius 1 is 1.11 bits per heavy atom. The molecule has 1 aliphatic carbocycles. The van der Waals surface area contributed by atoms with Crippen molar-refractivity contribution in [2.24, 2.45) is 5.41 Å². The molecular weight excluding hydrogens is 258 g/mol. The van der Waals surface area contributed by atoms with Crippen molar-refractivity contribution in [3.63, 3.8) is 0 Å². The van der Waals surface area contributed by atoms with Crippen LogP contribution in [0.4, 0.5) is 0 Å². The largest absolute Gasteiger partial charge is 0.492 e. The molecule has 0 atom stereocenters. The van der Waals surface area contributed by atoms with E-state index in [4.69, 9.17) is 16.3 Å². The average molecular weight is 282 g/mol. The number of rotatable bonds is 7. The molecule has 2 rings (SSSR count). The molecule has 0 bridgehead atoms. The Bertz CT molecular complexity index is 349. The lowest BCUT2D eigenvalue weighted by atomic mass is 9.75. The summed E-state index contributed by atoms with van der Waals surface area (Å²) in [6.45, 7) is 2.62. The van der Waals surface area contributed by atoms with Gasteiger partial charge in [0.15, 0.2) is 0 Å². The fourth-order valence-corrected chi connectivity index (χ4v) is 3.13. The monoisotopic (exact) mass is 281 g/mol. The third-order valence-electron chi connectivity index (χ3n) is 3.99. The van der Waals surface area contributed by atoms with Gasteiger partial charge in [0.05, 0.1) is 0 Å². The molecule has 106 valence electrons. The molecule has 0 amide bonds. The van der Waals surface area contributed by atoms with Crippen LogP contribution in [0.3, 0.4) is 0 Å². The average Bonchev–Trinajstić information content (AvgIpc) is 2.49. The van der Waals surface area contributed by atoms with Crippen LogP contribution >= 0.6 is 11.6 Å². The molecule has 2 nitrogen and oxygen atoms in total. The number of hydrogen-bond acceptors (Lipinski definition) is 2. The lowest BCUT2D eigenvalue weighted by molar-refractivity contribution is 0.206. The van der Waals surface area contributed by atoms with Crippen LogP contribution in [0.2, 0.25) is 0 Å². The summed E-state index contributed by atoms with van der Waals surface area (Å²) in [5.74, 6) is 1.72. The van der Waals surface area contributed by atoms with Crippen LogP contribution in [0.1, 0.15) is 32.1 Å². The molecule has 0 aliphatic heterocycles. The molecule has 1 aromatic carbocycles. The summed E-state index contributed by atoms with van der Waals surface area (Å²) in [6, 6.07) is 9.96. The van der Waals surface area contributed by atoms with Crippen molar-refractivity contribution < 1.29 is 4.74 Å². The van der Waals surface area contributed by atoms with Crippen LogP contribution < -0.4 is 10.1 Å². The van der Waals surface area contributed by atoms with E-state index in [1.807, 2.05) is 30.3 Å². The Morgan fingerprint density at radius 3 is 2.53 bits per heavy atom. The summed E-state index contributed by atoms with van der Waals surface area (Å²) < 4.78 is 5.67. The van der Waals surface area contributed by atoms with E-state index < -0.39 is 0 Å². The molecular formula is C16H24ClNO. The fraction of sp³-hybridized carbons (Fsp3) is 0.625. The zero-order valence-corrected chi connectivity index (χ0v) is 12.3. The predicted octanol–water partition coefficient (Wildman–Crippen LogP) is 3.84. The van der Waals surface area contributed by atoms with Gasteiger partial charge in [-0.3, -0.25) is 0 Å². The second-order valence-corrected chi connectivity index (χ2v) is 5.80. The molecule has 19 heavy (non-hydrogen) atoms.